The van der Waals surface area contributed by atoms with Crippen molar-refractivity contribution in [3.8, 4) is 0 Å². The molecule has 1 fully saturated rings. The zero-order chi connectivity index (χ0) is 9.97. The summed E-state index contributed by atoms with van der Waals surface area (Å²) in [4.78, 5) is 14.5. The van der Waals surface area contributed by atoms with E-state index in [0.29, 0.717) is 12.3 Å². The molecule has 2 heterocycles. The summed E-state index contributed by atoms with van der Waals surface area (Å²) in [5, 5.41) is 2.89. The molecule has 0 spiro atoms. The fourth-order valence-corrected chi connectivity index (χ4v) is 1.75. The van der Waals surface area contributed by atoms with Crippen LogP contribution in [0.15, 0.2) is 16.7 Å². The second-order valence-electron chi connectivity index (χ2n) is 3.27. The summed E-state index contributed by atoms with van der Waals surface area (Å²) in [7, 11) is 0. The van der Waals surface area contributed by atoms with Crippen molar-refractivity contribution >= 4 is 21.8 Å². The van der Waals surface area contributed by atoms with Crippen LogP contribution in [0.4, 0.5) is 0 Å². The first kappa shape index (κ1) is 9.73. The minimum Gasteiger partial charge on any atom is -0.379 e. The summed E-state index contributed by atoms with van der Waals surface area (Å²) >= 11 is 3.28. The maximum Gasteiger partial charge on any atom is 0.268 e. The van der Waals surface area contributed by atoms with Crippen molar-refractivity contribution in [1.29, 1.82) is 0 Å². The number of hydrogen-bond acceptors (Lipinski definition) is 2. The first-order valence-electron chi connectivity index (χ1n) is 4.48. The molecule has 0 radical (unpaired) electrons. The van der Waals surface area contributed by atoms with E-state index < -0.39 is 0 Å². The Hall–Kier alpha value is -0.810. The Balaban J connectivity index is 1.95. The average molecular weight is 259 g/mol. The van der Waals surface area contributed by atoms with Gasteiger partial charge in [-0.05, 0) is 28.4 Å². The highest BCUT2D eigenvalue weighted by Crippen LogP contribution is 2.11. The van der Waals surface area contributed by atoms with E-state index in [1.165, 1.54) is 0 Å². The fraction of sp³-hybridized carbons (Fsp3) is 0.444. The number of amides is 1. The van der Waals surface area contributed by atoms with E-state index in [0.717, 1.165) is 17.5 Å². The molecule has 2 rings (SSSR count). The molecule has 14 heavy (non-hydrogen) atoms. The molecule has 0 aliphatic carbocycles. The van der Waals surface area contributed by atoms with Crippen molar-refractivity contribution < 1.29 is 9.53 Å². The van der Waals surface area contributed by atoms with E-state index in [4.69, 9.17) is 4.74 Å². The number of nitrogens with one attached hydrogen (secondary N) is 2. The number of rotatable bonds is 2. The quantitative estimate of drug-likeness (QED) is 0.841. The second-order valence-corrected chi connectivity index (χ2v) is 4.18. The summed E-state index contributed by atoms with van der Waals surface area (Å²) in [6, 6.07) is 1.91. The van der Waals surface area contributed by atoms with Crippen LogP contribution >= 0.6 is 15.9 Å². The number of H-pyrrole nitrogens is 1. The van der Waals surface area contributed by atoms with E-state index in [9.17, 15) is 4.79 Å². The first-order chi connectivity index (χ1) is 6.75. The molecule has 2 N–H and O–H groups in total. The Bertz CT molecular complexity index is 331. The van der Waals surface area contributed by atoms with Gasteiger partial charge in [-0.3, -0.25) is 4.79 Å². The minimum absolute atomic E-state index is 0.0776. The molecule has 5 heteroatoms. The van der Waals surface area contributed by atoms with Crippen molar-refractivity contribution in [2.45, 2.75) is 12.5 Å². The molecule has 0 aromatic carbocycles. The first-order valence-corrected chi connectivity index (χ1v) is 5.27. The van der Waals surface area contributed by atoms with Crippen LogP contribution in [0.5, 0.6) is 0 Å². The predicted molar refractivity (Wildman–Crippen MR) is 55.2 cm³/mol. The summed E-state index contributed by atoms with van der Waals surface area (Å²) in [6.07, 6.45) is 2.63. The van der Waals surface area contributed by atoms with Gasteiger partial charge in [0, 0.05) is 17.3 Å². The lowest BCUT2D eigenvalue weighted by molar-refractivity contribution is 0.0925. The highest BCUT2D eigenvalue weighted by atomic mass is 79.9. The fourth-order valence-electron chi connectivity index (χ4n) is 1.41. The summed E-state index contributed by atoms with van der Waals surface area (Å²) in [5.74, 6) is -0.0776. The van der Waals surface area contributed by atoms with E-state index in [-0.39, 0.29) is 11.9 Å². The van der Waals surface area contributed by atoms with Crippen LogP contribution in [-0.2, 0) is 4.74 Å². The molecule has 1 atom stereocenters. The van der Waals surface area contributed by atoms with E-state index >= 15 is 0 Å². The molecule has 1 aromatic heterocycles. The van der Waals surface area contributed by atoms with Gasteiger partial charge in [0.05, 0.1) is 12.6 Å². The van der Waals surface area contributed by atoms with Crippen LogP contribution in [0.2, 0.25) is 0 Å². The Morgan fingerprint density at radius 2 is 2.57 bits per heavy atom. The summed E-state index contributed by atoms with van der Waals surface area (Å²) in [5.41, 5.74) is 0.573. The molecular formula is C9H11BrN2O2. The molecular weight excluding hydrogens is 248 g/mol. The third kappa shape index (κ3) is 2.16. The number of aromatic amines is 1. The van der Waals surface area contributed by atoms with Crippen LogP contribution in [0.1, 0.15) is 16.9 Å². The lowest BCUT2D eigenvalue weighted by atomic mass is 10.2. The lowest BCUT2D eigenvalue weighted by Gasteiger charge is -2.08. The molecule has 1 saturated heterocycles. The number of carbonyl (C=O) groups excluding carboxylic acids is 1. The van der Waals surface area contributed by atoms with Gasteiger partial charge in [0.25, 0.3) is 5.91 Å². The number of halogens is 1. The van der Waals surface area contributed by atoms with E-state index in [1.807, 2.05) is 0 Å². The Kier molecular flexibility index (Phi) is 2.88. The van der Waals surface area contributed by atoms with Gasteiger partial charge in [0.15, 0.2) is 0 Å². The predicted octanol–water partition coefficient (Wildman–Crippen LogP) is 1.30. The van der Waals surface area contributed by atoms with Crippen molar-refractivity contribution in [2.24, 2.45) is 0 Å². The van der Waals surface area contributed by atoms with Gasteiger partial charge in [-0.2, -0.15) is 0 Å². The van der Waals surface area contributed by atoms with Crippen molar-refractivity contribution in [1.82, 2.24) is 10.3 Å². The molecule has 4 nitrogen and oxygen atoms in total. The van der Waals surface area contributed by atoms with Crippen LogP contribution in [0.25, 0.3) is 0 Å². The normalized spacial score (nSPS) is 21.1. The minimum atomic E-state index is -0.0776. The molecule has 1 unspecified atom stereocenters. The van der Waals surface area contributed by atoms with E-state index in [1.54, 1.807) is 12.3 Å². The standard InChI is InChI=1S/C9H11BrN2O2/c10-6-3-8(11-4-6)9(13)12-7-1-2-14-5-7/h3-4,7,11H,1-2,5H2,(H,12,13). The molecule has 1 aromatic rings. The third-order valence-electron chi connectivity index (χ3n) is 2.16. The molecule has 0 bridgehead atoms. The number of hydrogen-bond donors (Lipinski definition) is 2. The van der Waals surface area contributed by atoms with Crippen molar-refractivity contribution in [3.05, 3.63) is 22.4 Å². The Labute approximate surface area is 90.2 Å². The Morgan fingerprint density at radius 1 is 1.71 bits per heavy atom. The molecule has 1 aliphatic rings. The maximum absolute atomic E-state index is 11.6. The molecule has 76 valence electrons. The van der Waals surface area contributed by atoms with Crippen LogP contribution in [0, 0.1) is 0 Å². The molecule has 1 aliphatic heterocycles. The van der Waals surface area contributed by atoms with Gasteiger partial charge in [-0.15, -0.1) is 0 Å². The van der Waals surface area contributed by atoms with Crippen LogP contribution in [0.3, 0.4) is 0 Å². The maximum atomic E-state index is 11.6. The topological polar surface area (TPSA) is 54.1 Å². The lowest BCUT2D eigenvalue weighted by Crippen LogP contribution is -2.35. The smallest absolute Gasteiger partial charge is 0.268 e. The number of carbonyl (C=O) groups is 1. The summed E-state index contributed by atoms with van der Waals surface area (Å²) < 4.78 is 6.04. The second kappa shape index (κ2) is 4.14. The van der Waals surface area contributed by atoms with Crippen molar-refractivity contribution in [2.75, 3.05) is 13.2 Å². The van der Waals surface area contributed by atoms with Gasteiger partial charge in [0.1, 0.15) is 5.69 Å². The van der Waals surface area contributed by atoms with Gasteiger partial charge in [0.2, 0.25) is 0 Å². The molecule has 0 saturated carbocycles. The van der Waals surface area contributed by atoms with Crippen LogP contribution < -0.4 is 5.32 Å². The van der Waals surface area contributed by atoms with Crippen LogP contribution in [-0.4, -0.2) is 30.1 Å². The number of ether oxygens (including phenoxy) is 1. The van der Waals surface area contributed by atoms with Crippen molar-refractivity contribution in [3.63, 3.8) is 0 Å². The summed E-state index contributed by atoms with van der Waals surface area (Å²) in [6.45, 7) is 1.35. The van der Waals surface area contributed by atoms with E-state index in [2.05, 4.69) is 26.2 Å². The Morgan fingerprint density at radius 3 is 3.14 bits per heavy atom. The monoisotopic (exact) mass is 258 g/mol. The average Bonchev–Trinajstić information content (AvgIpc) is 2.75. The van der Waals surface area contributed by atoms with Gasteiger partial charge >= 0.3 is 0 Å². The highest BCUT2D eigenvalue weighted by Gasteiger charge is 2.18. The zero-order valence-corrected chi connectivity index (χ0v) is 9.13. The molecule has 1 amide bonds. The van der Waals surface area contributed by atoms with Gasteiger partial charge < -0.3 is 15.0 Å². The SMILES string of the molecule is O=C(NC1CCOC1)c1cc(Br)c[nH]1. The third-order valence-corrected chi connectivity index (χ3v) is 2.62. The zero-order valence-electron chi connectivity index (χ0n) is 7.55. The largest absolute Gasteiger partial charge is 0.379 e. The number of aromatic nitrogens is 1. The highest BCUT2D eigenvalue weighted by molar-refractivity contribution is 9.10. The van der Waals surface area contributed by atoms with Gasteiger partial charge in [-0.25, -0.2) is 0 Å². The van der Waals surface area contributed by atoms with Gasteiger partial charge in [-0.1, -0.05) is 0 Å².